The first kappa shape index (κ1) is 14.4. The summed E-state index contributed by atoms with van der Waals surface area (Å²) in [4.78, 5) is 11.5. The number of carbonyl (C=O) groups is 1. The van der Waals surface area contributed by atoms with Crippen molar-refractivity contribution in [3.63, 3.8) is 0 Å². The van der Waals surface area contributed by atoms with E-state index in [1.807, 2.05) is 13.0 Å². The number of fused-ring (bicyclic) bond motifs is 1. The number of hydrogen-bond acceptors (Lipinski definition) is 2. The van der Waals surface area contributed by atoms with Gasteiger partial charge in [-0.05, 0) is 48.4 Å². The molecule has 1 heterocycles. The summed E-state index contributed by atoms with van der Waals surface area (Å²) >= 11 is 6.34. The first-order valence-electron chi connectivity index (χ1n) is 6.70. The van der Waals surface area contributed by atoms with Gasteiger partial charge in [-0.25, -0.2) is 0 Å². The molecule has 0 fully saturated rings. The molecule has 1 amide bonds. The van der Waals surface area contributed by atoms with E-state index in [-0.39, 0.29) is 5.91 Å². The molecule has 0 aliphatic carbocycles. The van der Waals surface area contributed by atoms with Gasteiger partial charge in [-0.15, -0.1) is 0 Å². The number of rotatable bonds is 3. The predicted molar refractivity (Wildman–Crippen MR) is 77.6 cm³/mol. The highest BCUT2D eigenvalue weighted by molar-refractivity contribution is 6.32. The molecule has 1 aliphatic heterocycles. The lowest BCUT2D eigenvalue weighted by Gasteiger charge is -2.24. The van der Waals surface area contributed by atoms with Gasteiger partial charge in [-0.3, -0.25) is 4.79 Å². The number of benzene rings is 1. The van der Waals surface area contributed by atoms with E-state index in [0.717, 1.165) is 22.4 Å². The van der Waals surface area contributed by atoms with Crippen LogP contribution in [0.4, 0.5) is 5.69 Å². The van der Waals surface area contributed by atoms with Crippen molar-refractivity contribution < 1.29 is 9.90 Å². The molecule has 2 rings (SSSR count). The number of nitrogens with one attached hydrogen (secondary N) is 1. The number of amides is 1. The number of aryl methyl sites for hydroxylation is 1. The maximum Gasteiger partial charge on any atom is 0.224 e. The van der Waals surface area contributed by atoms with E-state index in [2.05, 4.69) is 19.2 Å². The monoisotopic (exact) mass is 281 g/mol. The second-order valence-electron chi connectivity index (χ2n) is 5.63. The van der Waals surface area contributed by atoms with Gasteiger partial charge in [0.25, 0.3) is 0 Å². The van der Waals surface area contributed by atoms with E-state index in [9.17, 15) is 9.90 Å². The molecule has 3 nitrogen and oxygen atoms in total. The van der Waals surface area contributed by atoms with E-state index < -0.39 is 6.10 Å². The third-order valence-electron chi connectivity index (χ3n) is 3.55. The second kappa shape index (κ2) is 5.51. The lowest BCUT2D eigenvalue weighted by atomic mass is 9.92. The summed E-state index contributed by atoms with van der Waals surface area (Å²) in [5.74, 6) is 0.434. The zero-order valence-corrected chi connectivity index (χ0v) is 12.3. The normalized spacial score (nSPS) is 16.2. The third-order valence-corrected chi connectivity index (χ3v) is 4.05. The first-order chi connectivity index (χ1) is 8.90. The van der Waals surface area contributed by atoms with Gasteiger partial charge in [-0.1, -0.05) is 25.4 Å². The minimum Gasteiger partial charge on any atom is -0.388 e. The van der Waals surface area contributed by atoms with E-state index in [0.29, 0.717) is 30.2 Å². The second-order valence-corrected chi connectivity index (χ2v) is 6.01. The van der Waals surface area contributed by atoms with Crippen LogP contribution in [-0.4, -0.2) is 11.0 Å². The minimum atomic E-state index is -0.547. The van der Waals surface area contributed by atoms with Crippen molar-refractivity contribution in [1.29, 1.82) is 0 Å². The fourth-order valence-corrected chi connectivity index (χ4v) is 2.80. The highest BCUT2D eigenvalue weighted by atomic mass is 35.5. The van der Waals surface area contributed by atoms with Gasteiger partial charge >= 0.3 is 0 Å². The van der Waals surface area contributed by atoms with Gasteiger partial charge in [-0.2, -0.15) is 0 Å². The summed E-state index contributed by atoms with van der Waals surface area (Å²) in [6.45, 7) is 6.03. The van der Waals surface area contributed by atoms with Crippen LogP contribution in [-0.2, 0) is 11.2 Å². The van der Waals surface area contributed by atoms with Crippen LogP contribution < -0.4 is 5.32 Å². The Balaban J connectivity index is 2.42. The number of carbonyl (C=O) groups excluding carboxylic acids is 1. The Hall–Kier alpha value is -1.06. The standard InChI is InChI=1S/C15H20ClNO2/c1-8(2)6-12(18)11-7-10-4-5-13(19)17-15(10)9(3)14(11)16/h7-8,12,18H,4-6H2,1-3H3,(H,17,19). The summed E-state index contributed by atoms with van der Waals surface area (Å²) < 4.78 is 0. The molecule has 1 unspecified atom stereocenters. The molecule has 0 radical (unpaired) electrons. The van der Waals surface area contributed by atoms with E-state index in [1.165, 1.54) is 0 Å². The Morgan fingerprint density at radius 1 is 1.42 bits per heavy atom. The molecule has 4 heteroatoms. The van der Waals surface area contributed by atoms with E-state index in [1.54, 1.807) is 0 Å². The summed E-state index contributed by atoms with van der Waals surface area (Å²) in [6.07, 6.45) is 1.34. The molecule has 1 aromatic rings. The third kappa shape index (κ3) is 2.93. The van der Waals surface area contributed by atoms with Crippen molar-refractivity contribution >= 4 is 23.2 Å². The molecule has 1 aliphatic rings. The van der Waals surface area contributed by atoms with Crippen molar-refractivity contribution in [2.45, 2.75) is 46.1 Å². The largest absolute Gasteiger partial charge is 0.388 e. The van der Waals surface area contributed by atoms with Crippen LogP contribution in [0.2, 0.25) is 5.02 Å². The fraction of sp³-hybridized carbons (Fsp3) is 0.533. The molecule has 1 aromatic carbocycles. The topological polar surface area (TPSA) is 49.3 Å². The molecule has 2 N–H and O–H groups in total. The molecule has 0 aromatic heterocycles. The maximum absolute atomic E-state index is 11.5. The van der Waals surface area contributed by atoms with Gasteiger partial charge in [0, 0.05) is 12.1 Å². The Morgan fingerprint density at radius 3 is 2.74 bits per heavy atom. The van der Waals surface area contributed by atoms with Crippen LogP contribution >= 0.6 is 11.6 Å². The van der Waals surface area contributed by atoms with E-state index >= 15 is 0 Å². The molecular formula is C15H20ClNO2. The average molecular weight is 282 g/mol. The molecular weight excluding hydrogens is 262 g/mol. The quantitative estimate of drug-likeness (QED) is 0.889. The fourth-order valence-electron chi connectivity index (χ4n) is 2.53. The summed E-state index contributed by atoms with van der Waals surface area (Å²) in [5, 5.41) is 13.7. The molecule has 19 heavy (non-hydrogen) atoms. The lowest BCUT2D eigenvalue weighted by molar-refractivity contribution is -0.116. The van der Waals surface area contributed by atoms with Gasteiger partial charge in [0.15, 0.2) is 0 Å². The lowest BCUT2D eigenvalue weighted by Crippen LogP contribution is -2.21. The molecule has 104 valence electrons. The van der Waals surface area contributed by atoms with Crippen LogP contribution in [0.15, 0.2) is 6.07 Å². The van der Waals surface area contributed by atoms with Gasteiger partial charge in [0.2, 0.25) is 5.91 Å². The number of aliphatic hydroxyl groups excluding tert-OH is 1. The number of anilines is 1. The van der Waals surface area contributed by atoms with Crippen LogP contribution in [0.5, 0.6) is 0 Å². The van der Waals surface area contributed by atoms with Crippen LogP contribution in [0.3, 0.4) is 0 Å². The Morgan fingerprint density at radius 2 is 2.11 bits per heavy atom. The highest BCUT2D eigenvalue weighted by Gasteiger charge is 2.23. The number of halogens is 1. The summed E-state index contributed by atoms with van der Waals surface area (Å²) in [5.41, 5.74) is 3.52. The molecule has 0 bridgehead atoms. The molecule has 0 saturated heterocycles. The van der Waals surface area contributed by atoms with Crippen LogP contribution in [0.1, 0.15) is 49.5 Å². The zero-order valence-electron chi connectivity index (χ0n) is 11.6. The van der Waals surface area contributed by atoms with Crippen molar-refractivity contribution in [1.82, 2.24) is 0 Å². The molecule has 0 spiro atoms. The van der Waals surface area contributed by atoms with Gasteiger partial charge in [0.1, 0.15) is 0 Å². The van der Waals surface area contributed by atoms with Crippen molar-refractivity contribution in [3.05, 3.63) is 27.8 Å². The van der Waals surface area contributed by atoms with Crippen molar-refractivity contribution in [2.24, 2.45) is 5.92 Å². The Bertz CT molecular complexity index is 511. The highest BCUT2D eigenvalue weighted by Crippen LogP contribution is 2.38. The summed E-state index contributed by atoms with van der Waals surface area (Å²) in [7, 11) is 0. The zero-order chi connectivity index (χ0) is 14.2. The summed E-state index contributed by atoms with van der Waals surface area (Å²) in [6, 6.07) is 1.94. The SMILES string of the molecule is Cc1c(Cl)c(C(O)CC(C)C)cc2c1NC(=O)CC2. The van der Waals surface area contributed by atoms with Crippen LogP contribution in [0, 0.1) is 12.8 Å². The average Bonchev–Trinajstić information content (AvgIpc) is 2.33. The first-order valence-corrected chi connectivity index (χ1v) is 7.07. The number of aliphatic hydroxyl groups is 1. The Labute approximate surface area is 119 Å². The smallest absolute Gasteiger partial charge is 0.224 e. The van der Waals surface area contributed by atoms with Gasteiger partial charge < -0.3 is 10.4 Å². The number of hydrogen-bond donors (Lipinski definition) is 2. The van der Waals surface area contributed by atoms with E-state index in [4.69, 9.17) is 11.6 Å². The molecule has 0 saturated carbocycles. The minimum absolute atomic E-state index is 0.0298. The van der Waals surface area contributed by atoms with Crippen molar-refractivity contribution in [3.8, 4) is 0 Å². The van der Waals surface area contributed by atoms with Gasteiger partial charge in [0.05, 0.1) is 11.1 Å². The predicted octanol–water partition coefficient (Wildman–Crippen LogP) is 3.61. The maximum atomic E-state index is 11.5. The Kier molecular flexibility index (Phi) is 4.16. The van der Waals surface area contributed by atoms with Crippen molar-refractivity contribution in [2.75, 3.05) is 5.32 Å². The van der Waals surface area contributed by atoms with Crippen LogP contribution in [0.25, 0.3) is 0 Å². The molecule has 1 atom stereocenters.